The number of anilines is 2. The largest absolute Gasteiger partial charge is 0.360 e. The molecule has 4 rings (SSSR count). The molecule has 0 radical (unpaired) electrons. The molecule has 1 atom stereocenters. The van der Waals surface area contributed by atoms with Crippen LogP contribution in [0.15, 0.2) is 59.3 Å². The number of nitrogens with zero attached hydrogens (tertiary/aromatic N) is 5. The third-order valence-electron chi connectivity index (χ3n) is 4.80. The van der Waals surface area contributed by atoms with E-state index in [1.165, 1.54) is 0 Å². The average molecular weight is 378 g/mol. The third-order valence-corrected chi connectivity index (χ3v) is 4.80. The quantitative estimate of drug-likeness (QED) is 0.729. The lowest BCUT2D eigenvalue weighted by Crippen LogP contribution is -2.50. The Morgan fingerprint density at radius 3 is 2.54 bits per heavy atom. The first-order chi connectivity index (χ1) is 13.7. The molecule has 1 unspecified atom stereocenters. The van der Waals surface area contributed by atoms with Crippen LogP contribution in [0.2, 0.25) is 0 Å². The zero-order valence-corrected chi connectivity index (χ0v) is 15.7. The summed E-state index contributed by atoms with van der Waals surface area (Å²) < 4.78 is 5.06. The van der Waals surface area contributed by atoms with Gasteiger partial charge in [-0.05, 0) is 24.6 Å². The Labute approximate surface area is 163 Å². The molecular weight excluding hydrogens is 356 g/mol. The minimum absolute atomic E-state index is 0.118. The number of benzene rings is 1. The number of aromatic nitrogens is 3. The molecule has 3 aromatic rings. The van der Waals surface area contributed by atoms with E-state index in [1.54, 1.807) is 19.2 Å². The molecule has 1 amide bonds. The van der Waals surface area contributed by atoms with E-state index in [0.717, 1.165) is 37.6 Å². The van der Waals surface area contributed by atoms with E-state index in [-0.39, 0.29) is 5.91 Å². The summed E-state index contributed by atoms with van der Waals surface area (Å²) in [4.78, 5) is 17.5. The van der Waals surface area contributed by atoms with Gasteiger partial charge >= 0.3 is 0 Å². The minimum atomic E-state index is -0.401. The smallest absolute Gasteiger partial charge is 0.247 e. The normalized spacial score (nSPS) is 16.0. The molecular formula is C20H22N6O2. The Balaban J connectivity index is 1.50. The van der Waals surface area contributed by atoms with Gasteiger partial charge in [-0.3, -0.25) is 9.69 Å². The Morgan fingerprint density at radius 1 is 1.11 bits per heavy atom. The predicted octanol–water partition coefficient (Wildman–Crippen LogP) is 2.28. The summed E-state index contributed by atoms with van der Waals surface area (Å²) in [6.07, 6.45) is 1.67. The fourth-order valence-electron chi connectivity index (χ4n) is 3.45. The van der Waals surface area contributed by atoms with Gasteiger partial charge in [-0.1, -0.05) is 35.5 Å². The summed E-state index contributed by atoms with van der Waals surface area (Å²) in [6, 6.07) is 15.0. The van der Waals surface area contributed by atoms with Crippen LogP contribution >= 0.6 is 0 Å². The van der Waals surface area contributed by atoms with E-state index >= 15 is 0 Å². The molecule has 1 aliphatic heterocycles. The van der Waals surface area contributed by atoms with Gasteiger partial charge < -0.3 is 14.7 Å². The molecule has 0 aliphatic carbocycles. The van der Waals surface area contributed by atoms with E-state index in [9.17, 15) is 4.79 Å². The molecule has 1 saturated heterocycles. The highest BCUT2D eigenvalue weighted by molar-refractivity contribution is 5.94. The van der Waals surface area contributed by atoms with Crippen molar-refractivity contribution >= 4 is 17.5 Å². The molecule has 0 saturated carbocycles. The van der Waals surface area contributed by atoms with Gasteiger partial charge in [0.2, 0.25) is 5.91 Å². The topological polar surface area (TPSA) is 87.4 Å². The molecule has 28 heavy (non-hydrogen) atoms. The summed E-state index contributed by atoms with van der Waals surface area (Å²) in [5.41, 5.74) is 0.952. The summed E-state index contributed by atoms with van der Waals surface area (Å²) in [5, 5.41) is 14.9. The predicted molar refractivity (Wildman–Crippen MR) is 105 cm³/mol. The van der Waals surface area contributed by atoms with Crippen molar-refractivity contribution in [3.63, 3.8) is 0 Å². The molecule has 8 heteroatoms. The maximum Gasteiger partial charge on any atom is 0.247 e. The monoisotopic (exact) mass is 378 g/mol. The summed E-state index contributed by atoms with van der Waals surface area (Å²) in [6.45, 7) is 4.82. The van der Waals surface area contributed by atoms with Crippen molar-refractivity contribution < 1.29 is 9.32 Å². The molecule has 1 fully saturated rings. The third kappa shape index (κ3) is 4.01. The van der Waals surface area contributed by atoms with Gasteiger partial charge in [-0.15, -0.1) is 5.10 Å². The van der Waals surface area contributed by atoms with Crippen LogP contribution in [0.1, 0.15) is 17.4 Å². The van der Waals surface area contributed by atoms with Crippen LogP contribution in [-0.2, 0) is 4.79 Å². The summed E-state index contributed by atoms with van der Waals surface area (Å²) in [5.74, 6) is 1.83. The Hall–Kier alpha value is -3.26. The van der Waals surface area contributed by atoms with Gasteiger partial charge in [0.1, 0.15) is 11.8 Å². The SMILES string of the molecule is Cc1cc(NC(=O)C(c2ccccc2)N2CCN(c3cccnn3)CC2)no1. The van der Waals surface area contributed by atoms with E-state index in [4.69, 9.17) is 4.52 Å². The number of carbonyl (C=O) groups is 1. The molecule has 0 spiro atoms. The van der Waals surface area contributed by atoms with E-state index < -0.39 is 6.04 Å². The van der Waals surface area contributed by atoms with Gasteiger partial charge in [0.05, 0.1) is 0 Å². The van der Waals surface area contributed by atoms with Crippen molar-refractivity contribution in [1.29, 1.82) is 0 Å². The van der Waals surface area contributed by atoms with Crippen molar-refractivity contribution in [1.82, 2.24) is 20.3 Å². The highest BCUT2D eigenvalue weighted by atomic mass is 16.5. The number of carbonyl (C=O) groups excluding carboxylic acids is 1. The van der Waals surface area contributed by atoms with Gasteiger partial charge in [0, 0.05) is 38.4 Å². The summed E-state index contributed by atoms with van der Waals surface area (Å²) >= 11 is 0. The van der Waals surface area contributed by atoms with E-state index in [2.05, 4.69) is 30.5 Å². The first kappa shape index (κ1) is 18.1. The van der Waals surface area contributed by atoms with Crippen molar-refractivity contribution in [2.75, 3.05) is 36.4 Å². The second kappa shape index (κ2) is 8.18. The molecule has 1 N–H and O–H groups in total. The highest BCUT2D eigenvalue weighted by Gasteiger charge is 2.31. The van der Waals surface area contributed by atoms with Crippen molar-refractivity contribution in [3.8, 4) is 0 Å². The van der Waals surface area contributed by atoms with Crippen LogP contribution in [0.3, 0.4) is 0 Å². The summed E-state index contributed by atoms with van der Waals surface area (Å²) in [7, 11) is 0. The zero-order chi connectivity index (χ0) is 19.3. The maximum absolute atomic E-state index is 13.1. The van der Waals surface area contributed by atoms with Gasteiger partial charge in [-0.25, -0.2) is 0 Å². The van der Waals surface area contributed by atoms with Gasteiger partial charge in [0.15, 0.2) is 11.6 Å². The van der Waals surface area contributed by atoms with Crippen molar-refractivity contribution in [3.05, 3.63) is 66.1 Å². The molecule has 1 aromatic carbocycles. The Kier molecular flexibility index (Phi) is 5.29. The van der Waals surface area contributed by atoms with Crippen molar-refractivity contribution in [2.24, 2.45) is 0 Å². The lowest BCUT2D eigenvalue weighted by atomic mass is 10.0. The number of hydrogen-bond donors (Lipinski definition) is 1. The Bertz CT molecular complexity index is 907. The maximum atomic E-state index is 13.1. The van der Waals surface area contributed by atoms with E-state index in [1.807, 2.05) is 42.5 Å². The van der Waals surface area contributed by atoms with Gasteiger partial charge in [-0.2, -0.15) is 5.10 Å². The number of piperazine rings is 1. The zero-order valence-electron chi connectivity index (χ0n) is 15.7. The minimum Gasteiger partial charge on any atom is -0.360 e. The van der Waals surface area contributed by atoms with Crippen LogP contribution < -0.4 is 10.2 Å². The molecule has 8 nitrogen and oxygen atoms in total. The first-order valence-electron chi connectivity index (χ1n) is 9.26. The van der Waals surface area contributed by atoms with Crippen LogP contribution in [0, 0.1) is 6.92 Å². The number of amides is 1. The van der Waals surface area contributed by atoms with Crippen LogP contribution in [0.5, 0.6) is 0 Å². The Morgan fingerprint density at radius 2 is 1.89 bits per heavy atom. The lowest BCUT2D eigenvalue weighted by Gasteiger charge is -2.39. The molecule has 0 bridgehead atoms. The number of aryl methyl sites for hydroxylation is 1. The molecule has 144 valence electrons. The van der Waals surface area contributed by atoms with E-state index in [0.29, 0.717) is 11.6 Å². The molecule has 2 aromatic heterocycles. The fraction of sp³-hybridized carbons (Fsp3) is 0.300. The number of nitrogens with one attached hydrogen (secondary N) is 1. The van der Waals surface area contributed by atoms with Gasteiger partial charge in [0.25, 0.3) is 0 Å². The van der Waals surface area contributed by atoms with Crippen molar-refractivity contribution in [2.45, 2.75) is 13.0 Å². The second-order valence-electron chi connectivity index (χ2n) is 6.73. The van der Waals surface area contributed by atoms with Crippen LogP contribution in [0.25, 0.3) is 0 Å². The standard InChI is InChI=1S/C20H22N6O2/c1-15-14-17(24-28-15)22-20(27)19(16-6-3-2-4-7-16)26-12-10-25(11-13-26)18-8-5-9-21-23-18/h2-9,14,19H,10-13H2,1H3,(H,22,24,27). The highest BCUT2D eigenvalue weighted by Crippen LogP contribution is 2.25. The lowest BCUT2D eigenvalue weighted by molar-refractivity contribution is -0.121. The molecule has 3 heterocycles. The van der Waals surface area contributed by atoms with Crippen LogP contribution in [0.4, 0.5) is 11.6 Å². The average Bonchev–Trinajstić information content (AvgIpc) is 3.15. The molecule has 1 aliphatic rings. The number of rotatable bonds is 5. The fourth-order valence-corrected chi connectivity index (χ4v) is 3.45. The van der Waals surface area contributed by atoms with Crippen LogP contribution in [-0.4, -0.2) is 52.3 Å². The number of hydrogen-bond acceptors (Lipinski definition) is 7. The second-order valence-corrected chi connectivity index (χ2v) is 6.73. The first-order valence-corrected chi connectivity index (χ1v) is 9.26.